The van der Waals surface area contributed by atoms with E-state index in [-0.39, 0.29) is 12.4 Å². The molecule has 0 saturated heterocycles. The number of benzene rings is 2. The third-order valence-electron chi connectivity index (χ3n) is 3.50. The van der Waals surface area contributed by atoms with Crippen molar-refractivity contribution in [2.24, 2.45) is 17.3 Å². The Balaban J connectivity index is 0.00000208. The molecular formula is C18H19ClN4S. The largest absolute Gasteiger partial charge is 1.00 e. The lowest BCUT2D eigenvalue weighted by Gasteiger charge is -2.06. The van der Waals surface area contributed by atoms with Gasteiger partial charge >= 0.3 is 5.13 Å². The van der Waals surface area contributed by atoms with E-state index in [4.69, 9.17) is 0 Å². The number of aryl methyl sites for hydroxylation is 2. The molecular weight excluding hydrogens is 340 g/mol. The van der Waals surface area contributed by atoms with Gasteiger partial charge in [-0.25, -0.2) is 4.57 Å². The zero-order chi connectivity index (χ0) is 16.1. The number of thiazole rings is 1. The molecule has 24 heavy (non-hydrogen) atoms. The molecule has 0 unspecified atom stereocenters. The Kier molecular flexibility index (Phi) is 6.46. The summed E-state index contributed by atoms with van der Waals surface area (Å²) in [6.45, 7) is 2.91. The molecule has 6 heteroatoms. The van der Waals surface area contributed by atoms with Crippen molar-refractivity contribution in [1.82, 2.24) is 0 Å². The minimum Gasteiger partial charge on any atom is -1.00 e. The van der Waals surface area contributed by atoms with Crippen molar-refractivity contribution in [3.63, 3.8) is 0 Å². The zero-order valence-electron chi connectivity index (χ0n) is 13.6. The first-order valence-electron chi connectivity index (χ1n) is 7.45. The van der Waals surface area contributed by atoms with Crippen molar-refractivity contribution in [2.45, 2.75) is 13.5 Å². The molecule has 124 valence electrons. The predicted octanol–water partition coefficient (Wildman–Crippen LogP) is 1.91. The normalized spacial score (nSPS) is 10.6. The lowest BCUT2D eigenvalue weighted by Crippen LogP contribution is -3.00. The standard InChI is InChI=1S/C18H18N4S.ClH/c1-14-3-5-15(6-4-14)13-19-16-7-9-17(10-8-16)20-21-18-22(2)11-12-23-18;/h3-12H,13H2,1-2H3;1H. The van der Waals surface area contributed by atoms with Crippen LogP contribution in [0.2, 0.25) is 0 Å². The number of nitrogens with one attached hydrogen (secondary N) is 1. The molecule has 0 radical (unpaired) electrons. The molecule has 1 N–H and O–H groups in total. The molecule has 4 nitrogen and oxygen atoms in total. The molecule has 0 aliphatic heterocycles. The number of hydrogen-bond donors (Lipinski definition) is 1. The Hall–Kier alpha value is -2.24. The summed E-state index contributed by atoms with van der Waals surface area (Å²) in [5.74, 6) is 0. The first kappa shape index (κ1) is 18.1. The van der Waals surface area contributed by atoms with Gasteiger partial charge in [-0.2, -0.15) is 0 Å². The number of nitrogens with zero attached hydrogens (tertiary/aromatic N) is 3. The van der Waals surface area contributed by atoms with E-state index >= 15 is 0 Å². The number of halogens is 1. The fraction of sp³-hybridized carbons (Fsp3) is 0.167. The average molecular weight is 359 g/mol. The van der Waals surface area contributed by atoms with E-state index in [0.29, 0.717) is 0 Å². The average Bonchev–Trinajstić information content (AvgIpc) is 2.98. The summed E-state index contributed by atoms with van der Waals surface area (Å²) < 4.78 is 1.95. The predicted molar refractivity (Wildman–Crippen MR) is 94.6 cm³/mol. The molecule has 0 amide bonds. The van der Waals surface area contributed by atoms with Crippen LogP contribution < -0.4 is 22.3 Å². The van der Waals surface area contributed by atoms with Crippen molar-refractivity contribution in [3.8, 4) is 0 Å². The van der Waals surface area contributed by atoms with Crippen LogP contribution in [0, 0.1) is 6.92 Å². The van der Waals surface area contributed by atoms with Crippen molar-refractivity contribution >= 4 is 27.8 Å². The SMILES string of the molecule is Cc1ccc(CNc2ccc(N=Nc3scc[n+]3C)cc2)cc1.[Cl-]. The fourth-order valence-corrected chi connectivity index (χ4v) is 2.76. The summed E-state index contributed by atoms with van der Waals surface area (Å²) in [5.41, 5.74) is 4.47. The maximum absolute atomic E-state index is 4.27. The van der Waals surface area contributed by atoms with E-state index in [9.17, 15) is 0 Å². The molecule has 0 spiro atoms. The van der Waals surface area contributed by atoms with Crippen LogP contribution in [0.5, 0.6) is 0 Å². The number of anilines is 1. The summed E-state index contributed by atoms with van der Waals surface area (Å²) >= 11 is 1.57. The molecule has 0 aliphatic carbocycles. The first-order valence-corrected chi connectivity index (χ1v) is 8.33. The molecule has 0 saturated carbocycles. The Bertz CT molecular complexity index is 795. The van der Waals surface area contributed by atoms with Crippen LogP contribution in [0.25, 0.3) is 0 Å². The smallest absolute Gasteiger partial charge is 0.408 e. The van der Waals surface area contributed by atoms with Gasteiger partial charge in [0.1, 0.15) is 11.9 Å². The number of aromatic nitrogens is 1. The molecule has 3 aromatic rings. The van der Waals surface area contributed by atoms with Crippen molar-refractivity contribution in [3.05, 3.63) is 71.2 Å². The second-order valence-corrected chi connectivity index (χ2v) is 6.26. The Labute approximate surface area is 152 Å². The minimum absolute atomic E-state index is 0. The lowest BCUT2D eigenvalue weighted by molar-refractivity contribution is -0.654. The molecule has 2 aromatic carbocycles. The van der Waals surface area contributed by atoms with E-state index in [1.807, 2.05) is 47.5 Å². The summed E-state index contributed by atoms with van der Waals surface area (Å²) in [5, 5.41) is 14.8. The summed E-state index contributed by atoms with van der Waals surface area (Å²) in [7, 11) is 1.96. The lowest BCUT2D eigenvalue weighted by atomic mass is 10.1. The van der Waals surface area contributed by atoms with E-state index < -0.39 is 0 Å². The number of hydrogen-bond acceptors (Lipinski definition) is 4. The van der Waals surface area contributed by atoms with E-state index in [1.165, 1.54) is 11.1 Å². The topological polar surface area (TPSA) is 40.6 Å². The minimum atomic E-state index is 0. The van der Waals surface area contributed by atoms with Gasteiger partial charge in [-0.05, 0) is 53.2 Å². The van der Waals surface area contributed by atoms with Crippen LogP contribution in [0.1, 0.15) is 11.1 Å². The van der Waals surface area contributed by atoms with Gasteiger partial charge < -0.3 is 17.7 Å². The van der Waals surface area contributed by atoms with Gasteiger partial charge in [-0.1, -0.05) is 29.8 Å². The second-order valence-electron chi connectivity index (χ2n) is 5.38. The van der Waals surface area contributed by atoms with Gasteiger partial charge in [0.25, 0.3) is 0 Å². The molecule has 1 heterocycles. The Morgan fingerprint density at radius 3 is 2.33 bits per heavy atom. The first-order chi connectivity index (χ1) is 11.2. The highest BCUT2D eigenvalue weighted by molar-refractivity contribution is 7.12. The monoisotopic (exact) mass is 358 g/mol. The number of rotatable bonds is 5. The maximum Gasteiger partial charge on any atom is 0.408 e. The molecule has 0 bridgehead atoms. The van der Waals surface area contributed by atoms with Gasteiger partial charge in [0.2, 0.25) is 0 Å². The summed E-state index contributed by atoms with van der Waals surface area (Å²) in [4.78, 5) is 0. The Morgan fingerprint density at radius 2 is 1.71 bits per heavy atom. The second kappa shape index (κ2) is 8.57. The molecule has 0 aliphatic rings. The van der Waals surface area contributed by atoms with Crippen LogP contribution in [-0.2, 0) is 13.6 Å². The third kappa shape index (κ3) is 4.88. The van der Waals surface area contributed by atoms with Crippen molar-refractivity contribution in [2.75, 3.05) is 5.32 Å². The number of azo groups is 1. The molecule has 0 fully saturated rings. The van der Waals surface area contributed by atoms with Crippen LogP contribution >= 0.6 is 11.3 Å². The highest BCUT2D eigenvalue weighted by atomic mass is 35.5. The molecule has 0 atom stereocenters. The molecule has 1 aromatic heterocycles. The summed E-state index contributed by atoms with van der Waals surface area (Å²) in [6, 6.07) is 16.5. The highest BCUT2D eigenvalue weighted by Crippen LogP contribution is 2.21. The van der Waals surface area contributed by atoms with Gasteiger partial charge in [0, 0.05) is 17.6 Å². The van der Waals surface area contributed by atoms with Crippen LogP contribution in [0.15, 0.2) is 70.3 Å². The van der Waals surface area contributed by atoms with Crippen LogP contribution in [-0.4, -0.2) is 0 Å². The Morgan fingerprint density at radius 1 is 1.00 bits per heavy atom. The third-order valence-corrected chi connectivity index (χ3v) is 4.33. The van der Waals surface area contributed by atoms with Gasteiger partial charge in [0.05, 0.1) is 12.2 Å². The van der Waals surface area contributed by atoms with Gasteiger partial charge in [-0.3, -0.25) is 0 Å². The van der Waals surface area contributed by atoms with Crippen molar-refractivity contribution in [1.29, 1.82) is 0 Å². The van der Waals surface area contributed by atoms with E-state index in [1.54, 1.807) is 11.3 Å². The van der Waals surface area contributed by atoms with Crippen molar-refractivity contribution < 1.29 is 17.0 Å². The van der Waals surface area contributed by atoms with Gasteiger partial charge in [0.15, 0.2) is 0 Å². The summed E-state index contributed by atoms with van der Waals surface area (Å²) in [6.07, 6.45) is 1.97. The highest BCUT2D eigenvalue weighted by Gasteiger charge is 2.06. The maximum atomic E-state index is 4.27. The van der Waals surface area contributed by atoms with Crippen LogP contribution in [0.4, 0.5) is 16.5 Å². The fourth-order valence-electron chi connectivity index (χ4n) is 2.08. The molecule has 3 rings (SSSR count). The zero-order valence-corrected chi connectivity index (χ0v) is 15.2. The van der Waals surface area contributed by atoms with E-state index in [2.05, 4.69) is 46.7 Å². The van der Waals surface area contributed by atoms with Crippen LogP contribution in [0.3, 0.4) is 0 Å². The quantitative estimate of drug-likeness (QED) is 0.549. The van der Waals surface area contributed by atoms with Gasteiger partial charge in [-0.15, -0.1) is 0 Å². The van der Waals surface area contributed by atoms with E-state index in [0.717, 1.165) is 23.1 Å².